The van der Waals surface area contributed by atoms with Crippen LogP contribution in [-0.4, -0.2) is 37.9 Å². The summed E-state index contributed by atoms with van der Waals surface area (Å²) < 4.78 is 20.3. The Kier molecular flexibility index (Phi) is 2.00. The van der Waals surface area contributed by atoms with Crippen molar-refractivity contribution in [3.05, 3.63) is 0 Å². The summed E-state index contributed by atoms with van der Waals surface area (Å²) in [6.07, 6.45) is -0.904. The average molecular weight is 174 g/mol. The van der Waals surface area contributed by atoms with Crippen LogP contribution in [0, 0.1) is 0 Å². The van der Waals surface area contributed by atoms with Gasteiger partial charge in [-0.25, -0.2) is 0 Å². The lowest BCUT2D eigenvalue weighted by Gasteiger charge is -2.14. The molecule has 12 heavy (non-hydrogen) atoms. The molecule has 0 N–H and O–H groups in total. The summed E-state index contributed by atoms with van der Waals surface area (Å²) in [5.74, 6) is -0.365. The lowest BCUT2D eigenvalue weighted by Crippen LogP contribution is -2.30. The van der Waals surface area contributed by atoms with E-state index in [0.29, 0.717) is 6.61 Å². The molecule has 2 heterocycles. The molecule has 0 amide bonds. The fraction of sp³-hybridized carbons (Fsp3) is 0.857. The van der Waals surface area contributed by atoms with Crippen LogP contribution in [0.5, 0.6) is 0 Å². The third-order valence-electron chi connectivity index (χ3n) is 1.88. The van der Waals surface area contributed by atoms with Crippen LogP contribution in [0.2, 0.25) is 0 Å². The van der Waals surface area contributed by atoms with Gasteiger partial charge in [-0.2, -0.15) is 0 Å². The van der Waals surface area contributed by atoms with Crippen LogP contribution in [0.15, 0.2) is 0 Å². The van der Waals surface area contributed by atoms with Gasteiger partial charge in [0.1, 0.15) is 12.9 Å². The third-order valence-corrected chi connectivity index (χ3v) is 1.88. The second-order valence-electron chi connectivity index (χ2n) is 2.77. The SMILES string of the molecule is CC(=O)OC1OCC2OCOC21. The van der Waals surface area contributed by atoms with Crippen molar-refractivity contribution in [1.29, 1.82) is 0 Å². The molecule has 0 radical (unpaired) electrons. The summed E-state index contributed by atoms with van der Waals surface area (Å²) in [4.78, 5) is 10.6. The lowest BCUT2D eigenvalue weighted by molar-refractivity contribution is -0.185. The summed E-state index contributed by atoms with van der Waals surface area (Å²) in [5.41, 5.74) is 0. The second kappa shape index (κ2) is 3.01. The Morgan fingerprint density at radius 2 is 2.25 bits per heavy atom. The molecule has 5 nitrogen and oxygen atoms in total. The van der Waals surface area contributed by atoms with Gasteiger partial charge in [0.05, 0.1) is 6.61 Å². The molecule has 68 valence electrons. The molecule has 0 aromatic heterocycles. The number of ether oxygens (including phenoxy) is 4. The van der Waals surface area contributed by atoms with Crippen LogP contribution in [0.4, 0.5) is 0 Å². The fourth-order valence-electron chi connectivity index (χ4n) is 1.35. The molecule has 0 aliphatic carbocycles. The summed E-state index contributed by atoms with van der Waals surface area (Å²) in [7, 11) is 0. The first kappa shape index (κ1) is 7.97. The van der Waals surface area contributed by atoms with E-state index < -0.39 is 6.29 Å². The van der Waals surface area contributed by atoms with Crippen LogP contribution in [0.1, 0.15) is 6.92 Å². The van der Waals surface area contributed by atoms with Crippen molar-refractivity contribution in [2.75, 3.05) is 13.4 Å². The number of esters is 1. The van der Waals surface area contributed by atoms with Crippen LogP contribution in [0.25, 0.3) is 0 Å². The summed E-state index contributed by atoms with van der Waals surface area (Å²) in [6, 6.07) is 0. The highest BCUT2D eigenvalue weighted by Gasteiger charge is 2.44. The monoisotopic (exact) mass is 174 g/mol. The fourth-order valence-corrected chi connectivity index (χ4v) is 1.35. The Bertz CT molecular complexity index is 192. The highest BCUT2D eigenvalue weighted by molar-refractivity contribution is 5.66. The molecule has 0 aromatic rings. The zero-order chi connectivity index (χ0) is 8.55. The maximum Gasteiger partial charge on any atom is 0.305 e. The Hall–Kier alpha value is -0.650. The largest absolute Gasteiger partial charge is 0.433 e. The van der Waals surface area contributed by atoms with Gasteiger partial charge in [-0.3, -0.25) is 4.79 Å². The molecule has 0 aromatic carbocycles. The average Bonchev–Trinajstić information content (AvgIpc) is 2.52. The lowest BCUT2D eigenvalue weighted by atomic mass is 10.2. The van der Waals surface area contributed by atoms with Crippen LogP contribution in [0.3, 0.4) is 0 Å². The van der Waals surface area contributed by atoms with Crippen molar-refractivity contribution in [2.45, 2.75) is 25.4 Å². The van der Waals surface area contributed by atoms with Gasteiger partial charge < -0.3 is 18.9 Å². The summed E-state index contributed by atoms with van der Waals surface area (Å²) in [5, 5.41) is 0. The minimum absolute atomic E-state index is 0.0747. The maximum absolute atomic E-state index is 10.6. The first-order valence-electron chi connectivity index (χ1n) is 3.79. The minimum Gasteiger partial charge on any atom is -0.433 e. The number of rotatable bonds is 1. The Balaban J connectivity index is 1.95. The van der Waals surface area contributed by atoms with E-state index in [1.165, 1.54) is 6.92 Å². The molecule has 2 rings (SSSR count). The van der Waals surface area contributed by atoms with Gasteiger partial charge in [-0.1, -0.05) is 0 Å². The van der Waals surface area contributed by atoms with Crippen molar-refractivity contribution < 1.29 is 23.7 Å². The first-order chi connectivity index (χ1) is 5.77. The van der Waals surface area contributed by atoms with Gasteiger partial charge in [-0.05, 0) is 0 Å². The minimum atomic E-state index is -0.588. The standard InChI is InChI=1S/C7H10O5/c1-4(8)12-7-6-5(2-9-7)10-3-11-6/h5-7H,2-3H2,1H3. The quantitative estimate of drug-likeness (QED) is 0.508. The molecule has 5 heteroatoms. The van der Waals surface area contributed by atoms with E-state index >= 15 is 0 Å². The number of hydrogen-bond acceptors (Lipinski definition) is 5. The van der Waals surface area contributed by atoms with E-state index in [1.807, 2.05) is 0 Å². The zero-order valence-electron chi connectivity index (χ0n) is 6.69. The van der Waals surface area contributed by atoms with Gasteiger partial charge in [0, 0.05) is 6.92 Å². The Morgan fingerprint density at radius 3 is 3.00 bits per heavy atom. The van der Waals surface area contributed by atoms with Crippen LogP contribution < -0.4 is 0 Å². The summed E-state index contributed by atoms with van der Waals surface area (Å²) >= 11 is 0. The van der Waals surface area contributed by atoms with Crippen molar-refractivity contribution in [2.24, 2.45) is 0 Å². The molecule has 2 saturated heterocycles. The number of carbonyl (C=O) groups is 1. The van der Waals surface area contributed by atoms with Gasteiger partial charge in [0.2, 0.25) is 6.29 Å². The molecule has 0 saturated carbocycles. The molecular formula is C7H10O5. The van der Waals surface area contributed by atoms with Crippen LogP contribution in [-0.2, 0) is 23.7 Å². The number of carbonyl (C=O) groups excluding carboxylic acids is 1. The molecule has 3 unspecified atom stereocenters. The smallest absolute Gasteiger partial charge is 0.305 e. The predicted molar refractivity (Wildman–Crippen MR) is 36.1 cm³/mol. The highest BCUT2D eigenvalue weighted by Crippen LogP contribution is 2.26. The predicted octanol–water partition coefficient (Wildman–Crippen LogP) is -0.353. The third kappa shape index (κ3) is 1.31. The Labute approximate surface area is 69.5 Å². The molecule has 2 fully saturated rings. The molecule has 3 atom stereocenters. The topological polar surface area (TPSA) is 54.0 Å². The Morgan fingerprint density at radius 1 is 1.42 bits per heavy atom. The second-order valence-corrected chi connectivity index (χ2v) is 2.77. The van der Waals surface area contributed by atoms with E-state index in [2.05, 4.69) is 0 Å². The van der Waals surface area contributed by atoms with E-state index in [9.17, 15) is 4.79 Å². The van der Waals surface area contributed by atoms with E-state index in [0.717, 1.165) is 0 Å². The number of fused-ring (bicyclic) bond motifs is 1. The maximum atomic E-state index is 10.6. The molecule has 2 aliphatic rings. The van der Waals surface area contributed by atoms with E-state index in [1.54, 1.807) is 0 Å². The number of hydrogen-bond donors (Lipinski definition) is 0. The van der Waals surface area contributed by atoms with Gasteiger partial charge >= 0.3 is 5.97 Å². The van der Waals surface area contributed by atoms with Crippen molar-refractivity contribution in [3.8, 4) is 0 Å². The first-order valence-corrected chi connectivity index (χ1v) is 3.79. The van der Waals surface area contributed by atoms with Gasteiger partial charge in [0.25, 0.3) is 0 Å². The zero-order valence-corrected chi connectivity index (χ0v) is 6.69. The molecule has 0 bridgehead atoms. The highest BCUT2D eigenvalue weighted by atomic mass is 16.8. The van der Waals surface area contributed by atoms with Crippen molar-refractivity contribution >= 4 is 5.97 Å². The summed E-state index contributed by atoms with van der Waals surface area (Å²) in [6.45, 7) is 2.03. The molecule has 2 aliphatic heterocycles. The van der Waals surface area contributed by atoms with E-state index in [-0.39, 0.29) is 25.0 Å². The van der Waals surface area contributed by atoms with Crippen molar-refractivity contribution in [3.63, 3.8) is 0 Å². The van der Waals surface area contributed by atoms with Gasteiger partial charge in [0.15, 0.2) is 6.10 Å². The molecule has 0 spiro atoms. The van der Waals surface area contributed by atoms with E-state index in [4.69, 9.17) is 18.9 Å². The normalized spacial score (nSPS) is 39.6. The van der Waals surface area contributed by atoms with Crippen molar-refractivity contribution in [1.82, 2.24) is 0 Å². The van der Waals surface area contributed by atoms with Gasteiger partial charge in [-0.15, -0.1) is 0 Å². The molecular weight excluding hydrogens is 164 g/mol. The van der Waals surface area contributed by atoms with Crippen LogP contribution >= 0.6 is 0 Å².